The van der Waals surface area contributed by atoms with Crippen molar-refractivity contribution in [2.45, 2.75) is 13.3 Å². The van der Waals surface area contributed by atoms with Crippen LogP contribution in [0.3, 0.4) is 0 Å². The number of nitrogens with zero attached hydrogens (tertiary/aromatic N) is 2. The SMILES string of the molecule is Cc1cc(Cl)ccc1NC(=O)c1cnc(NCCc2ccccc2)cn1. The summed E-state index contributed by atoms with van der Waals surface area (Å²) in [6, 6.07) is 15.5. The molecule has 0 aliphatic carbocycles. The van der Waals surface area contributed by atoms with Crippen LogP contribution in [0.1, 0.15) is 21.6 Å². The van der Waals surface area contributed by atoms with Crippen LogP contribution in [0.2, 0.25) is 5.02 Å². The highest BCUT2D eigenvalue weighted by Gasteiger charge is 2.10. The maximum absolute atomic E-state index is 12.3. The summed E-state index contributed by atoms with van der Waals surface area (Å²) in [5.41, 5.74) is 3.10. The highest BCUT2D eigenvalue weighted by Crippen LogP contribution is 2.20. The highest BCUT2D eigenvalue weighted by atomic mass is 35.5. The van der Waals surface area contributed by atoms with E-state index >= 15 is 0 Å². The molecule has 1 heterocycles. The summed E-state index contributed by atoms with van der Waals surface area (Å²) in [5.74, 6) is 0.332. The van der Waals surface area contributed by atoms with Crippen molar-refractivity contribution in [1.82, 2.24) is 9.97 Å². The van der Waals surface area contributed by atoms with Gasteiger partial charge in [0.2, 0.25) is 0 Å². The molecule has 6 heteroatoms. The minimum atomic E-state index is -0.307. The van der Waals surface area contributed by atoms with Crippen molar-refractivity contribution in [2.24, 2.45) is 0 Å². The van der Waals surface area contributed by atoms with Crippen LogP contribution in [0.5, 0.6) is 0 Å². The average molecular weight is 367 g/mol. The first-order chi connectivity index (χ1) is 12.6. The van der Waals surface area contributed by atoms with E-state index in [0.717, 1.165) is 18.5 Å². The topological polar surface area (TPSA) is 66.9 Å². The molecule has 0 aliphatic heterocycles. The maximum atomic E-state index is 12.3. The minimum absolute atomic E-state index is 0.257. The number of hydrogen-bond acceptors (Lipinski definition) is 4. The van der Waals surface area contributed by atoms with Crippen LogP contribution in [-0.4, -0.2) is 22.4 Å². The lowest BCUT2D eigenvalue weighted by Crippen LogP contribution is -2.15. The number of anilines is 2. The Balaban J connectivity index is 1.55. The van der Waals surface area contributed by atoms with E-state index in [2.05, 4.69) is 32.7 Å². The molecule has 0 atom stereocenters. The van der Waals surface area contributed by atoms with Gasteiger partial charge in [0.15, 0.2) is 0 Å². The molecule has 1 aromatic heterocycles. The fourth-order valence-electron chi connectivity index (χ4n) is 2.47. The van der Waals surface area contributed by atoms with Crippen LogP contribution in [0.15, 0.2) is 60.9 Å². The standard InChI is InChI=1S/C20H19ClN4O/c1-14-11-16(21)7-8-17(14)25-20(26)18-12-24-19(13-23-18)22-10-9-15-5-3-2-4-6-15/h2-8,11-13H,9-10H2,1H3,(H,22,24)(H,25,26). The number of rotatable bonds is 6. The zero-order valence-corrected chi connectivity index (χ0v) is 15.1. The number of nitrogens with one attached hydrogen (secondary N) is 2. The smallest absolute Gasteiger partial charge is 0.275 e. The first-order valence-electron chi connectivity index (χ1n) is 8.29. The molecule has 0 unspecified atom stereocenters. The van der Waals surface area contributed by atoms with Gasteiger partial charge in [-0.25, -0.2) is 9.97 Å². The zero-order valence-electron chi connectivity index (χ0n) is 14.4. The van der Waals surface area contributed by atoms with Crippen molar-refractivity contribution in [1.29, 1.82) is 0 Å². The van der Waals surface area contributed by atoms with Gasteiger partial charge in [-0.15, -0.1) is 0 Å². The fraction of sp³-hybridized carbons (Fsp3) is 0.150. The van der Waals surface area contributed by atoms with Gasteiger partial charge in [-0.05, 0) is 42.7 Å². The third-order valence-corrected chi connectivity index (χ3v) is 4.12. The van der Waals surface area contributed by atoms with Gasteiger partial charge in [0.25, 0.3) is 5.91 Å². The molecule has 3 rings (SSSR count). The molecule has 0 saturated heterocycles. The van der Waals surface area contributed by atoms with Gasteiger partial charge in [0.1, 0.15) is 11.5 Å². The number of halogens is 1. The van der Waals surface area contributed by atoms with Gasteiger partial charge >= 0.3 is 0 Å². The van der Waals surface area contributed by atoms with E-state index in [1.807, 2.05) is 25.1 Å². The monoisotopic (exact) mass is 366 g/mol. The van der Waals surface area contributed by atoms with Crippen molar-refractivity contribution < 1.29 is 4.79 Å². The lowest BCUT2D eigenvalue weighted by atomic mass is 10.1. The molecule has 3 aromatic rings. The Labute approximate surface area is 157 Å². The molecule has 0 bridgehead atoms. The van der Waals surface area contributed by atoms with Crippen LogP contribution in [0.4, 0.5) is 11.5 Å². The van der Waals surface area contributed by atoms with Crippen LogP contribution >= 0.6 is 11.6 Å². The second kappa shape index (κ2) is 8.45. The molecular weight excluding hydrogens is 348 g/mol. The molecular formula is C20H19ClN4O. The van der Waals surface area contributed by atoms with E-state index in [4.69, 9.17) is 11.6 Å². The summed E-state index contributed by atoms with van der Waals surface area (Å²) in [4.78, 5) is 20.7. The van der Waals surface area contributed by atoms with Crippen molar-refractivity contribution in [3.63, 3.8) is 0 Å². The van der Waals surface area contributed by atoms with Crippen molar-refractivity contribution >= 4 is 29.0 Å². The quantitative estimate of drug-likeness (QED) is 0.680. The van der Waals surface area contributed by atoms with Gasteiger partial charge in [-0.2, -0.15) is 0 Å². The van der Waals surface area contributed by atoms with Crippen molar-refractivity contribution in [3.05, 3.63) is 82.8 Å². The summed E-state index contributed by atoms with van der Waals surface area (Å²) < 4.78 is 0. The van der Waals surface area contributed by atoms with Gasteiger partial charge < -0.3 is 10.6 Å². The molecule has 0 spiro atoms. The molecule has 2 N–H and O–H groups in total. The van der Waals surface area contributed by atoms with Crippen LogP contribution in [-0.2, 0) is 6.42 Å². The van der Waals surface area contributed by atoms with E-state index in [1.165, 1.54) is 11.8 Å². The molecule has 132 valence electrons. The average Bonchev–Trinajstić information content (AvgIpc) is 2.65. The van der Waals surface area contributed by atoms with Gasteiger partial charge in [-0.1, -0.05) is 41.9 Å². The van der Waals surface area contributed by atoms with Crippen molar-refractivity contribution in [3.8, 4) is 0 Å². The van der Waals surface area contributed by atoms with Gasteiger partial charge in [0.05, 0.1) is 12.4 Å². The number of hydrogen-bond donors (Lipinski definition) is 2. The Kier molecular flexibility index (Phi) is 5.81. The van der Waals surface area contributed by atoms with E-state index in [9.17, 15) is 4.79 Å². The van der Waals surface area contributed by atoms with E-state index in [0.29, 0.717) is 16.5 Å². The lowest BCUT2D eigenvalue weighted by Gasteiger charge is -2.09. The third kappa shape index (κ3) is 4.80. The van der Waals surface area contributed by atoms with E-state index in [-0.39, 0.29) is 11.6 Å². The number of carbonyl (C=O) groups is 1. The Hall–Kier alpha value is -2.92. The minimum Gasteiger partial charge on any atom is -0.368 e. The maximum Gasteiger partial charge on any atom is 0.275 e. The first kappa shape index (κ1) is 17.9. The normalized spacial score (nSPS) is 10.4. The summed E-state index contributed by atoms with van der Waals surface area (Å²) in [6.07, 6.45) is 3.92. The van der Waals surface area contributed by atoms with Crippen LogP contribution < -0.4 is 10.6 Å². The fourth-order valence-corrected chi connectivity index (χ4v) is 2.70. The molecule has 1 amide bonds. The zero-order chi connectivity index (χ0) is 18.4. The Morgan fingerprint density at radius 1 is 1.08 bits per heavy atom. The largest absolute Gasteiger partial charge is 0.368 e. The van der Waals surface area contributed by atoms with Crippen LogP contribution in [0.25, 0.3) is 0 Å². The third-order valence-electron chi connectivity index (χ3n) is 3.88. The Bertz CT molecular complexity index is 882. The highest BCUT2D eigenvalue weighted by molar-refractivity contribution is 6.30. The second-order valence-corrected chi connectivity index (χ2v) is 6.30. The number of benzene rings is 2. The predicted octanol–water partition coefficient (Wildman–Crippen LogP) is 4.35. The van der Waals surface area contributed by atoms with Gasteiger partial charge in [-0.3, -0.25) is 4.79 Å². The molecule has 26 heavy (non-hydrogen) atoms. The van der Waals surface area contributed by atoms with Crippen LogP contribution in [0, 0.1) is 6.92 Å². The number of aromatic nitrogens is 2. The number of amides is 1. The molecule has 0 radical (unpaired) electrons. The molecule has 0 fully saturated rings. The molecule has 0 aliphatic rings. The number of carbonyl (C=O) groups excluding carboxylic acids is 1. The Morgan fingerprint density at radius 3 is 2.58 bits per heavy atom. The summed E-state index contributed by atoms with van der Waals surface area (Å²) in [5, 5.41) is 6.65. The summed E-state index contributed by atoms with van der Waals surface area (Å²) in [7, 11) is 0. The second-order valence-electron chi connectivity index (χ2n) is 5.86. The summed E-state index contributed by atoms with van der Waals surface area (Å²) >= 11 is 5.93. The molecule has 5 nitrogen and oxygen atoms in total. The number of aryl methyl sites for hydroxylation is 1. The molecule has 0 saturated carbocycles. The van der Waals surface area contributed by atoms with Gasteiger partial charge in [0, 0.05) is 17.3 Å². The first-order valence-corrected chi connectivity index (χ1v) is 8.67. The molecule has 2 aromatic carbocycles. The van der Waals surface area contributed by atoms with E-state index < -0.39 is 0 Å². The van der Waals surface area contributed by atoms with Crippen molar-refractivity contribution in [2.75, 3.05) is 17.2 Å². The predicted molar refractivity (Wildman–Crippen MR) is 105 cm³/mol. The van der Waals surface area contributed by atoms with E-state index in [1.54, 1.807) is 24.4 Å². The Morgan fingerprint density at radius 2 is 1.88 bits per heavy atom. The summed E-state index contributed by atoms with van der Waals surface area (Å²) in [6.45, 7) is 2.63. The lowest BCUT2D eigenvalue weighted by molar-refractivity contribution is 0.102.